The van der Waals surface area contributed by atoms with Gasteiger partial charge < -0.3 is 39.4 Å². The third-order valence-corrected chi connectivity index (χ3v) is 4.16. The highest BCUT2D eigenvalue weighted by Gasteiger charge is 2.23. The highest BCUT2D eigenvalue weighted by Crippen LogP contribution is 2.18. The molecule has 156 valence electrons. The van der Waals surface area contributed by atoms with Gasteiger partial charge in [-0.2, -0.15) is 0 Å². The molecule has 2 aliphatic heterocycles. The number of aliphatic hydroxyl groups excluding tert-OH is 5. The van der Waals surface area contributed by atoms with Gasteiger partial charge >= 0.3 is 0 Å². The summed E-state index contributed by atoms with van der Waals surface area (Å²) in [6.45, 7) is 0.161. The van der Waals surface area contributed by atoms with Gasteiger partial charge in [-0.3, -0.25) is 4.79 Å². The molecule has 27 heavy (non-hydrogen) atoms. The van der Waals surface area contributed by atoms with Crippen molar-refractivity contribution in [3.05, 3.63) is 23.7 Å². The Balaban J connectivity index is 0.000000202. The SMILES string of the molecule is O=Cc1ccc(CO)o1.OC[C@@H]1CC[C@@H](CO)O1.OC[C@@H]1CC[C@H](CO)O1. The quantitative estimate of drug-likeness (QED) is 0.410. The lowest BCUT2D eigenvalue weighted by Crippen LogP contribution is -2.16. The molecule has 0 aromatic carbocycles. The van der Waals surface area contributed by atoms with Crippen LogP contribution in [0.1, 0.15) is 42.0 Å². The summed E-state index contributed by atoms with van der Waals surface area (Å²) in [5.74, 6) is 0.663. The van der Waals surface area contributed by atoms with Crippen LogP contribution in [0.25, 0.3) is 0 Å². The van der Waals surface area contributed by atoms with Crippen LogP contribution >= 0.6 is 0 Å². The van der Waals surface area contributed by atoms with E-state index in [-0.39, 0.29) is 63.2 Å². The van der Waals surface area contributed by atoms with E-state index in [0.29, 0.717) is 12.0 Å². The molecule has 2 fully saturated rings. The molecule has 0 spiro atoms. The molecule has 1 aromatic rings. The Hall–Kier alpha value is -1.33. The lowest BCUT2D eigenvalue weighted by molar-refractivity contribution is -0.0119. The highest BCUT2D eigenvalue weighted by molar-refractivity contribution is 5.70. The number of hydrogen-bond acceptors (Lipinski definition) is 9. The van der Waals surface area contributed by atoms with Crippen molar-refractivity contribution in [2.75, 3.05) is 26.4 Å². The summed E-state index contributed by atoms with van der Waals surface area (Å²) in [5.41, 5.74) is 0. The van der Waals surface area contributed by atoms with Gasteiger partial charge in [0.15, 0.2) is 12.0 Å². The molecule has 0 saturated carbocycles. The molecule has 5 N–H and O–H groups in total. The number of aldehydes is 1. The Morgan fingerprint density at radius 2 is 1.19 bits per heavy atom. The van der Waals surface area contributed by atoms with E-state index >= 15 is 0 Å². The topological polar surface area (TPSA) is 150 Å². The summed E-state index contributed by atoms with van der Waals surface area (Å²) in [6, 6.07) is 3.07. The van der Waals surface area contributed by atoms with Crippen molar-refractivity contribution in [1.82, 2.24) is 0 Å². The van der Waals surface area contributed by atoms with Crippen LogP contribution in [-0.4, -0.2) is 82.7 Å². The van der Waals surface area contributed by atoms with Crippen LogP contribution in [0.5, 0.6) is 0 Å². The number of ether oxygens (including phenoxy) is 2. The van der Waals surface area contributed by atoms with Crippen LogP contribution in [0.3, 0.4) is 0 Å². The van der Waals surface area contributed by atoms with Gasteiger partial charge in [-0.25, -0.2) is 0 Å². The predicted octanol–water partition coefficient (Wildman–Crippen LogP) is -0.378. The van der Waals surface area contributed by atoms with Crippen molar-refractivity contribution in [2.24, 2.45) is 0 Å². The summed E-state index contributed by atoms with van der Waals surface area (Å²) in [6.07, 6.45) is 4.00. The fourth-order valence-corrected chi connectivity index (χ4v) is 2.64. The van der Waals surface area contributed by atoms with Crippen molar-refractivity contribution in [3.63, 3.8) is 0 Å². The number of rotatable bonds is 6. The minimum Gasteiger partial charge on any atom is -0.456 e. The summed E-state index contributed by atoms with van der Waals surface area (Å²) >= 11 is 0. The van der Waals surface area contributed by atoms with Crippen molar-refractivity contribution in [3.8, 4) is 0 Å². The maximum atomic E-state index is 9.96. The first-order valence-electron chi connectivity index (χ1n) is 8.99. The Bertz CT molecular complexity index is 463. The minimum atomic E-state index is -0.159. The van der Waals surface area contributed by atoms with E-state index in [0.717, 1.165) is 25.7 Å². The largest absolute Gasteiger partial charge is 0.456 e. The molecule has 9 nitrogen and oxygen atoms in total. The second-order valence-corrected chi connectivity index (χ2v) is 6.23. The lowest BCUT2D eigenvalue weighted by Gasteiger charge is -2.07. The molecule has 2 aliphatic rings. The van der Waals surface area contributed by atoms with Gasteiger partial charge in [-0.05, 0) is 37.8 Å². The molecule has 0 aliphatic carbocycles. The van der Waals surface area contributed by atoms with Crippen LogP contribution in [0.15, 0.2) is 16.5 Å². The van der Waals surface area contributed by atoms with Crippen LogP contribution in [0.4, 0.5) is 0 Å². The maximum Gasteiger partial charge on any atom is 0.185 e. The molecule has 3 rings (SSSR count). The van der Waals surface area contributed by atoms with Crippen LogP contribution in [0.2, 0.25) is 0 Å². The highest BCUT2D eigenvalue weighted by atomic mass is 16.5. The normalized spacial score (nSPS) is 26.7. The minimum absolute atomic E-state index is 0.0258. The van der Waals surface area contributed by atoms with Gasteiger partial charge in [0.1, 0.15) is 12.4 Å². The molecule has 0 amide bonds. The second kappa shape index (κ2) is 13.8. The number of carbonyl (C=O) groups excluding carboxylic acids is 1. The van der Waals surface area contributed by atoms with Crippen molar-refractivity contribution < 1.29 is 44.2 Å². The average Bonchev–Trinajstić information content (AvgIpc) is 3.48. The Kier molecular flexibility index (Phi) is 12.1. The molecular weight excluding hydrogens is 360 g/mol. The monoisotopic (exact) mass is 390 g/mol. The summed E-state index contributed by atoms with van der Waals surface area (Å²) in [5, 5.41) is 42.7. The fourth-order valence-electron chi connectivity index (χ4n) is 2.64. The standard InChI is InChI=1S/2C6H12O3.C6H6O3/c3*7-3-5-1-2-6(4-8)9-5/h2*5-8H,1-4H2;1-3,8H,4H2/t5-,6+;5-,6-;/m.0./s1. The zero-order chi connectivity index (χ0) is 20.1. The summed E-state index contributed by atoms with van der Waals surface area (Å²) in [4.78, 5) is 9.96. The van der Waals surface area contributed by atoms with E-state index in [1.165, 1.54) is 6.07 Å². The van der Waals surface area contributed by atoms with E-state index < -0.39 is 0 Å². The Morgan fingerprint density at radius 1 is 0.778 bits per heavy atom. The Morgan fingerprint density at radius 3 is 1.37 bits per heavy atom. The maximum absolute atomic E-state index is 9.96. The second-order valence-electron chi connectivity index (χ2n) is 6.23. The third-order valence-electron chi connectivity index (χ3n) is 4.16. The Labute approximate surface area is 158 Å². The molecule has 0 bridgehead atoms. The molecule has 4 atom stereocenters. The van der Waals surface area contributed by atoms with Crippen LogP contribution in [0, 0.1) is 0 Å². The van der Waals surface area contributed by atoms with E-state index in [1.54, 1.807) is 6.07 Å². The molecule has 9 heteroatoms. The fraction of sp³-hybridized carbons (Fsp3) is 0.722. The van der Waals surface area contributed by atoms with Gasteiger partial charge in [-0.15, -0.1) is 0 Å². The van der Waals surface area contributed by atoms with E-state index in [9.17, 15) is 4.79 Å². The molecule has 0 radical (unpaired) electrons. The molecular formula is C18H30O9. The molecule has 2 saturated heterocycles. The zero-order valence-electron chi connectivity index (χ0n) is 15.3. The van der Waals surface area contributed by atoms with Gasteiger partial charge in [0.25, 0.3) is 0 Å². The molecule has 1 aromatic heterocycles. The van der Waals surface area contributed by atoms with Crippen molar-refractivity contribution in [1.29, 1.82) is 0 Å². The average molecular weight is 390 g/mol. The van der Waals surface area contributed by atoms with Gasteiger partial charge in [0.2, 0.25) is 0 Å². The molecule has 0 unspecified atom stereocenters. The first kappa shape index (κ1) is 23.7. The zero-order valence-corrected chi connectivity index (χ0v) is 15.3. The van der Waals surface area contributed by atoms with Crippen molar-refractivity contribution >= 4 is 6.29 Å². The van der Waals surface area contributed by atoms with E-state index in [2.05, 4.69) is 0 Å². The predicted molar refractivity (Wildman–Crippen MR) is 94.2 cm³/mol. The number of aliphatic hydroxyl groups is 5. The summed E-state index contributed by atoms with van der Waals surface area (Å²) < 4.78 is 15.1. The number of hydrogen-bond donors (Lipinski definition) is 5. The van der Waals surface area contributed by atoms with Crippen LogP contribution < -0.4 is 0 Å². The van der Waals surface area contributed by atoms with E-state index in [4.69, 9.17) is 39.4 Å². The molecule has 3 heterocycles. The smallest absolute Gasteiger partial charge is 0.185 e. The number of furan rings is 1. The first-order valence-corrected chi connectivity index (χ1v) is 8.99. The van der Waals surface area contributed by atoms with Gasteiger partial charge in [0.05, 0.1) is 50.8 Å². The van der Waals surface area contributed by atoms with Gasteiger partial charge in [-0.1, -0.05) is 0 Å². The number of carbonyl (C=O) groups is 1. The van der Waals surface area contributed by atoms with E-state index in [1.807, 2.05) is 0 Å². The third kappa shape index (κ3) is 8.93. The first-order chi connectivity index (χ1) is 13.1. The van der Waals surface area contributed by atoms with Gasteiger partial charge in [0, 0.05) is 0 Å². The van der Waals surface area contributed by atoms with Crippen LogP contribution in [-0.2, 0) is 16.1 Å². The lowest BCUT2D eigenvalue weighted by atomic mass is 10.2. The van der Waals surface area contributed by atoms with Crippen molar-refractivity contribution in [2.45, 2.75) is 56.7 Å². The summed E-state index contributed by atoms with van der Waals surface area (Å²) in [7, 11) is 0.